The smallest absolute Gasteiger partial charge is 0.358 e. The van der Waals surface area contributed by atoms with Crippen LogP contribution >= 0.6 is 0 Å². The predicted octanol–water partition coefficient (Wildman–Crippen LogP) is 2.91. The van der Waals surface area contributed by atoms with Crippen molar-refractivity contribution in [3.63, 3.8) is 0 Å². The zero-order chi connectivity index (χ0) is 20.3. The Morgan fingerprint density at radius 3 is 2.79 bits per heavy atom. The maximum Gasteiger partial charge on any atom is -0.358 e. The van der Waals surface area contributed by atoms with E-state index in [0.717, 1.165) is 18.4 Å². The van der Waals surface area contributed by atoms with Crippen LogP contribution in [0.4, 0.5) is 5.69 Å². The van der Waals surface area contributed by atoms with Crippen molar-refractivity contribution < 1.29 is 39.1 Å². The van der Waals surface area contributed by atoms with Crippen molar-refractivity contribution in [3.05, 3.63) is 30.7 Å². The van der Waals surface area contributed by atoms with Gasteiger partial charge in [-0.3, -0.25) is 0 Å². The SMILES string of the molecule is Cc1cc2c(cc1OCCCOC(C)C)N([N]=[V]=[O])C(O)[C@@H]1CCCN1C2=O.[CH3-]. The fraction of sp³-hybridized carbons (Fsp3) is 0.600. The van der Waals surface area contributed by atoms with E-state index in [1.807, 2.05) is 20.8 Å². The molecule has 29 heavy (non-hydrogen) atoms. The summed E-state index contributed by atoms with van der Waals surface area (Å²) in [5, 5.41) is 12.2. The Morgan fingerprint density at radius 1 is 1.34 bits per heavy atom. The Bertz CT molecular complexity index is 782. The molecule has 0 bridgehead atoms. The van der Waals surface area contributed by atoms with Crippen molar-refractivity contribution in [2.45, 2.75) is 58.4 Å². The number of aliphatic hydroxyl groups excluding tert-OH is 1. The number of benzene rings is 1. The van der Waals surface area contributed by atoms with Crippen LogP contribution in [0.1, 0.15) is 49.0 Å². The average Bonchev–Trinajstić information content (AvgIpc) is 3.13. The van der Waals surface area contributed by atoms with E-state index in [2.05, 4.69) is 3.90 Å². The molecule has 8 nitrogen and oxygen atoms in total. The Kier molecular flexibility index (Phi) is 8.51. The number of carbonyl (C=O) groups excluding carboxylic acids is 1. The van der Waals surface area contributed by atoms with Crippen LogP contribution < -0.4 is 9.75 Å². The van der Waals surface area contributed by atoms with Gasteiger partial charge in [-0.05, 0) is 0 Å². The molecule has 1 N–H and O–H groups in total. The molecule has 3 rings (SSSR count). The molecule has 1 unspecified atom stereocenters. The van der Waals surface area contributed by atoms with Crippen LogP contribution in [-0.4, -0.2) is 54.0 Å². The quantitative estimate of drug-likeness (QED) is 0.515. The van der Waals surface area contributed by atoms with Gasteiger partial charge in [-0.1, -0.05) is 0 Å². The number of ether oxygens (including phenoxy) is 2. The second-order valence-corrected chi connectivity index (χ2v) is 7.93. The standard InChI is InChI=1S/C19H27N3O4.CH3.O.V/c1-12(2)25-8-5-9-26-17-11-16-14(10-13(17)3)18(23)21-7-4-6-15(21)19(24)22(16)20;;;/h10-12,15,19,24H,4-9H2,1-3H3;1H3;;/q;-1;;/t15-,19?;;;/m0.../s1. The summed E-state index contributed by atoms with van der Waals surface area (Å²) in [5.41, 5.74) is 1.73. The first kappa shape index (κ1) is 23.7. The van der Waals surface area contributed by atoms with E-state index in [0.29, 0.717) is 43.2 Å². The minimum Gasteiger partial charge on any atom is -0.358 e. The molecule has 2 atom stereocenters. The van der Waals surface area contributed by atoms with Gasteiger partial charge in [0, 0.05) is 0 Å². The second kappa shape index (κ2) is 10.4. The van der Waals surface area contributed by atoms with Gasteiger partial charge in [0.05, 0.1) is 0 Å². The molecule has 2 heterocycles. The molecule has 0 aromatic heterocycles. The number of rotatable bonds is 7. The number of nitrogens with zero attached hydrogens (tertiary/aromatic N) is 3. The summed E-state index contributed by atoms with van der Waals surface area (Å²) in [6.07, 6.45) is 1.43. The molecular formula is C20H30N3O5V-. The summed E-state index contributed by atoms with van der Waals surface area (Å²) >= 11 is -1.56. The zero-order valence-corrected chi connectivity index (χ0v) is 18.9. The molecule has 0 saturated carbocycles. The van der Waals surface area contributed by atoms with Crippen molar-refractivity contribution in [2.24, 2.45) is 3.90 Å². The number of fused-ring (bicyclic) bond motifs is 2. The number of aryl methyl sites for hydroxylation is 1. The first-order chi connectivity index (χ1) is 13.4. The molecular weight excluding hydrogens is 413 g/mol. The summed E-state index contributed by atoms with van der Waals surface area (Å²) in [6.45, 7) is 7.55. The Hall–Kier alpha value is -1.61. The molecule has 9 heteroatoms. The van der Waals surface area contributed by atoms with E-state index in [4.69, 9.17) is 9.47 Å². The molecule has 0 aliphatic carbocycles. The van der Waals surface area contributed by atoms with Crippen molar-refractivity contribution in [2.75, 3.05) is 24.8 Å². The number of hydrogen-bond acceptors (Lipinski definition) is 7. The Morgan fingerprint density at radius 2 is 2.10 bits per heavy atom. The number of anilines is 1. The third-order valence-electron chi connectivity index (χ3n) is 5.06. The maximum atomic E-state index is 13.1. The van der Waals surface area contributed by atoms with Gasteiger partial charge in [-0.15, -0.1) is 0 Å². The summed E-state index contributed by atoms with van der Waals surface area (Å²) < 4.78 is 26.8. The average molecular weight is 443 g/mol. The summed E-state index contributed by atoms with van der Waals surface area (Å²) in [4.78, 5) is 14.8. The molecule has 1 amide bonds. The Labute approximate surface area is 179 Å². The summed E-state index contributed by atoms with van der Waals surface area (Å²) in [5.74, 6) is 0.490. The van der Waals surface area contributed by atoms with Gasteiger partial charge in [0.1, 0.15) is 0 Å². The molecule has 2 aliphatic rings. The van der Waals surface area contributed by atoms with Crippen molar-refractivity contribution >= 4 is 11.6 Å². The van der Waals surface area contributed by atoms with E-state index >= 15 is 0 Å². The van der Waals surface area contributed by atoms with Crippen LogP contribution in [0.15, 0.2) is 16.0 Å². The van der Waals surface area contributed by atoms with Gasteiger partial charge in [0.2, 0.25) is 0 Å². The second-order valence-electron chi connectivity index (χ2n) is 7.39. The molecule has 0 spiro atoms. The first-order valence-corrected chi connectivity index (χ1v) is 10.8. The molecule has 1 aromatic carbocycles. The van der Waals surface area contributed by atoms with E-state index in [1.165, 1.54) is 5.01 Å². The van der Waals surface area contributed by atoms with Crippen LogP contribution in [0, 0.1) is 14.4 Å². The molecule has 2 aliphatic heterocycles. The normalized spacial score (nSPS) is 20.5. The maximum absolute atomic E-state index is 13.1. The number of aliphatic hydroxyl groups is 1. The minimum absolute atomic E-state index is 0. The fourth-order valence-electron chi connectivity index (χ4n) is 3.71. The third-order valence-corrected chi connectivity index (χ3v) is 5.47. The molecule has 1 aromatic rings. The van der Waals surface area contributed by atoms with Gasteiger partial charge in [0.15, 0.2) is 0 Å². The van der Waals surface area contributed by atoms with Crippen molar-refractivity contribution in [1.29, 1.82) is 0 Å². The van der Waals surface area contributed by atoms with Gasteiger partial charge >= 0.3 is 172 Å². The van der Waals surface area contributed by atoms with Crippen molar-refractivity contribution in [3.8, 4) is 5.75 Å². The van der Waals surface area contributed by atoms with Crippen LogP contribution in [0.25, 0.3) is 0 Å². The van der Waals surface area contributed by atoms with Crippen LogP contribution in [-0.2, 0) is 24.5 Å². The summed E-state index contributed by atoms with van der Waals surface area (Å²) in [7, 11) is 0. The molecule has 0 radical (unpaired) electrons. The number of amides is 1. The van der Waals surface area contributed by atoms with Crippen LogP contribution in [0.2, 0.25) is 0 Å². The summed E-state index contributed by atoms with van der Waals surface area (Å²) in [6, 6.07) is 3.14. The molecule has 161 valence electrons. The topological polar surface area (TPSA) is 91.7 Å². The third kappa shape index (κ3) is 5.12. The monoisotopic (exact) mass is 443 g/mol. The van der Waals surface area contributed by atoms with Gasteiger partial charge in [0.25, 0.3) is 0 Å². The Balaban J connectivity index is 0.00000300. The minimum atomic E-state index is -1.56. The zero-order valence-electron chi connectivity index (χ0n) is 17.5. The van der Waals surface area contributed by atoms with E-state index in [9.17, 15) is 13.6 Å². The van der Waals surface area contributed by atoms with Gasteiger partial charge in [-0.25, -0.2) is 0 Å². The number of hydrogen-bond donors (Lipinski definition) is 1. The van der Waals surface area contributed by atoms with Gasteiger partial charge in [-0.2, -0.15) is 0 Å². The van der Waals surface area contributed by atoms with E-state index < -0.39 is 22.3 Å². The first-order valence-electron chi connectivity index (χ1n) is 9.64. The molecule has 1 saturated heterocycles. The van der Waals surface area contributed by atoms with Crippen LogP contribution in [0.5, 0.6) is 5.75 Å². The number of carbonyl (C=O) groups is 1. The van der Waals surface area contributed by atoms with E-state index in [1.54, 1.807) is 17.0 Å². The fourth-order valence-corrected chi connectivity index (χ4v) is 4.15. The van der Waals surface area contributed by atoms with E-state index in [-0.39, 0.29) is 25.5 Å². The van der Waals surface area contributed by atoms with Gasteiger partial charge < -0.3 is 7.43 Å². The molecule has 1 fully saturated rings. The van der Waals surface area contributed by atoms with Crippen molar-refractivity contribution in [1.82, 2.24) is 4.90 Å². The largest absolute Gasteiger partial charge is 0.358 e. The van der Waals surface area contributed by atoms with Crippen LogP contribution in [0.3, 0.4) is 0 Å². The predicted molar refractivity (Wildman–Crippen MR) is 104 cm³/mol.